The molecule has 0 aliphatic rings. The van der Waals surface area contributed by atoms with Crippen molar-refractivity contribution in [1.29, 1.82) is 0 Å². The van der Waals surface area contributed by atoms with Gasteiger partial charge in [-0.1, -0.05) is 25.4 Å². The van der Waals surface area contributed by atoms with E-state index in [4.69, 9.17) is 11.6 Å². The Kier molecular flexibility index (Phi) is 3.19. The summed E-state index contributed by atoms with van der Waals surface area (Å²) in [6.45, 7) is 3.71. The maximum atomic E-state index is 12.9. The quantitative estimate of drug-likeness (QED) is 0.769. The minimum Gasteiger partial charge on any atom is -0.240 e. The standard InChI is InChI=1S/C12H10ClF3N2/c1-6(2)10-8-3-7(13)4-9(12(14,15)16)11(8)18-5-17-10/h3-6H,1-2H3. The molecule has 0 fully saturated rings. The molecule has 0 bridgehead atoms. The molecule has 0 aliphatic carbocycles. The third-order valence-electron chi connectivity index (χ3n) is 2.59. The van der Waals surface area contributed by atoms with E-state index >= 15 is 0 Å². The van der Waals surface area contributed by atoms with E-state index in [0.29, 0.717) is 11.1 Å². The number of hydrogen-bond donors (Lipinski definition) is 0. The van der Waals surface area contributed by atoms with Crippen molar-refractivity contribution >= 4 is 22.5 Å². The molecule has 0 saturated carbocycles. The molecule has 1 aromatic heterocycles. The molecule has 0 spiro atoms. The highest BCUT2D eigenvalue weighted by atomic mass is 35.5. The van der Waals surface area contributed by atoms with Crippen LogP contribution in [0.1, 0.15) is 31.0 Å². The zero-order chi connectivity index (χ0) is 13.5. The number of hydrogen-bond acceptors (Lipinski definition) is 2. The van der Waals surface area contributed by atoms with Crippen molar-refractivity contribution in [3.8, 4) is 0 Å². The Bertz CT molecular complexity index is 594. The molecule has 1 aromatic carbocycles. The number of rotatable bonds is 1. The van der Waals surface area contributed by atoms with Crippen LogP contribution in [0.15, 0.2) is 18.5 Å². The van der Waals surface area contributed by atoms with Crippen LogP contribution in [-0.4, -0.2) is 9.97 Å². The summed E-state index contributed by atoms with van der Waals surface area (Å²) in [6, 6.07) is 2.36. The summed E-state index contributed by atoms with van der Waals surface area (Å²) >= 11 is 5.75. The number of aromatic nitrogens is 2. The van der Waals surface area contributed by atoms with E-state index in [1.165, 1.54) is 6.07 Å². The summed E-state index contributed by atoms with van der Waals surface area (Å²) in [5.74, 6) is -0.00458. The Morgan fingerprint density at radius 3 is 2.39 bits per heavy atom. The molecule has 0 radical (unpaired) electrons. The van der Waals surface area contributed by atoms with E-state index in [1.807, 2.05) is 13.8 Å². The number of nitrogens with zero attached hydrogens (tertiary/aromatic N) is 2. The highest BCUT2D eigenvalue weighted by molar-refractivity contribution is 6.31. The van der Waals surface area contributed by atoms with Gasteiger partial charge in [0.2, 0.25) is 0 Å². The topological polar surface area (TPSA) is 25.8 Å². The summed E-state index contributed by atoms with van der Waals surface area (Å²) in [5.41, 5.74) is -0.368. The molecule has 1 heterocycles. The van der Waals surface area contributed by atoms with E-state index in [-0.39, 0.29) is 16.5 Å². The third-order valence-corrected chi connectivity index (χ3v) is 2.80. The van der Waals surface area contributed by atoms with Gasteiger partial charge in [-0.15, -0.1) is 0 Å². The predicted octanol–water partition coefficient (Wildman–Crippen LogP) is 4.43. The smallest absolute Gasteiger partial charge is 0.240 e. The van der Waals surface area contributed by atoms with Crippen LogP contribution < -0.4 is 0 Å². The number of halogens is 4. The molecular weight excluding hydrogens is 265 g/mol. The van der Waals surface area contributed by atoms with Crippen molar-refractivity contribution in [3.63, 3.8) is 0 Å². The van der Waals surface area contributed by atoms with Gasteiger partial charge in [-0.2, -0.15) is 13.2 Å². The van der Waals surface area contributed by atoms with E-state index in [2.05, 4.69) is 9.97 Å². The largest absolute Gasteiger partial charge is 0.418 e. The summed E-state index contributed by atoms with van der Waals surface area (Å²) in [4.78, 5) is 7.78. The lowest BCUT2D eigenvalue weighted by atomic mass is 10.0. The fourth-order valence-electron chi connectivity index (χ4n) is 1.83. The van der Waals surface area contributed by atoms with Gasteiger partial charge in [0.15, 0.2) is 0 Å². The van der Waals surface area contributed by atoms with Crippen LogP contribution in [0.5, 0.6) is 0 Å². The average molecular weight is 275 g/mol. The molecule has 0 atom stereocenters. The fraction of sp³-hybridized carbons (Fsp3) is 0.333. The average Bonchev–Trinajstić information content (AvgIpc) is 2.25. The van der Waals surface area contributed by atoms with Crippen LogP contribution in [0.4, 0.5) is 13.2 Å². The zero-order valence-electron chi connectivity index (χ0n) is 9.72. The van der Waals surface area contributed by atoms with Gasteiger partial charge in [-0.25, -0.2) is 9.97 Å². The maximum absolute atomic E-state index is 12.9. The molecule has 6 heteroatoms. The summed E-state index contributed by atoms with van der Waals surface area (Å²) in [7, 11) is 0. The molecular formula is C12H10ClF3N2. The van der Waals surface area contributed by atoms with Gasteiger partial charge in [0.25, 0.3) is 0 Å². The van der Waals surface area contributed by atoms with Crippen LogP contribution in [-0.2, 0) is 6.18 Å². The van der Waals surface area contributed by atoms with Crippen LogP contribution in [0.25, 0.3) is 10.9 Å². The highest BCUT2D eigenvalue weighted by Crippen LogP contribution is 2.37. The van der Waals surface area contributed by atoms with Crippen molar-refractivity contribution in [1.82, 2.24) is 9.97 Å². The monoisotopic (exact) mass is 274 g/mol. The fourth-order valence-corrected chi connectivity index (χ4v) is 2.05. The number of benzene rings is 1. The molecule has 2 nitrogen and oxygen atoms in total. The lowest BCUT2D eigenvalue weighted by molar-refractivity contribution is -0.136. The Labute approximate surface area is 107 Å². The van der Waals surface area contributed by atoms with Crippen molar-refractivity contribution in [2.45, 2.75) is 25.9 Å². The normalized spacial score (nSPS) is 12.4. The van der Waals surface area contributed by atoms with Gasteiger partial charge in [0.1, 0.15) is 6.33 Å². The minimum atomic E-state index is -4.48. The molecule has 0 unspecified atom stereocenters. The summed E-state index contributed by atoms with van der Waals surface area (Å²) in [5, 5.41) is 0.388. The van der Waals surface area contributed by atoms with Crippen LogP contribution in [0.2, 0.25) is 5.02 Å². The molecule has 2 rings (SSSR count). The van der Waals surface area contributed by atoms with Crippen LogP contribution >= 0.6 is 11.6 Å². The Morgan fingerprint density at radius 1 is 1.17 bits per heavy atom. The van der Waals surface area contributed by atoms with Crippen molar-refractivity contribution in [2.24, 2.45) is 0 Å². The van der Waals surface area contributed by atoms with E-state index in [1.54, 1.807) is 0 Å². The second kappa shape index (κ2) is 4.39. The van der Waals surface area contributed by atoms with Gasteiger partial charge in [-0.05, 0) is 18.1 Å². The van der Waals surface area contributed by atoms with Gasteiger partial charge in [0, 0.05) is 10.4 Å². The summed E-state index contributed by atoms with van der Waals surface area (Å²) in [6.07, 6.45) is -3.33. The molecule has 0 amide bonds. The first-order valence-electron chi connectivity index (χ1n) is 5.32. The molecule has 18 heavy (non-hydrogen) atoms. The lowest BCUT2D eigenvalue weighted by Gasteiger charge is -2.13. The van der Waals surface area contributed by atoms with Crippen LogP contribution in [0.3, 0.4) is 0 Å². The van der Waals surface area contributed by atoms with Gasteiger partial charge >= 0.3 is 6.18 Å². The van der Waals surface area contributed by atoms with E-state index in [0.717, 1.165) is 12.4 Å². The van der Waals surface area contributed by atoms with Gasteiger partial charge in [-0.3, -0.25) is 0 Å². The van der Waals surface area contributed by atoms with Crippen molar-refractivity contribution < 1.29 is 13.2 Å². The van der Waals surface area contributed by atoms with Crippen LogP contribution in [0, 0.1) is 0 Å². The van der Waals surface area contributed by atoms with Gasteiger partial charge in [0.05, 0.1) is 16.8 Å². The van der Waals surface area contributed by atoms with Crippen molar-refractivity contribution in [2.75, 3.05) is 0 Å². The van der Waals surface area contributed by atoms with Gasteiger partial charge < -0.3 is 0 Å². The zero-order valence-corrected chi connectivity index (χ0v) is 10.5. The first-order valence-corrected chi connectivity index (χ1v) is 5.70. The third kappa shape index (κ3) is 2.27. The second-order valence-corrected chi connectivity index (χ2v) is 4.70. The number of alkyl halides is 3. The minimum absolute atomic E-state index is 0.00458. The molecule has 2 aromatic rings. The lowest BCUT2D eigenvalue weighted by Crippen LogP contribution is -2.08. The highest BCUT2D eigenvalue weighted by Gasteiger charge is 2.34. The Hall–Kier alpha value is -1.36. The first kappa shape index (κ1) is 13.1. The maximum Gasteiger partial charge on any atom is 0.418 e. The Morgan fingerprint density at radius 2 is 1.83 bits per heavy atom. The first-order chi connectivity index (χ1) is 8.30. The molecule has 0 saturated heterocycles. The molecule has 0 aliphatic heterocycles. The van der Waals surface area contributed by atoms with Crippen molar-refractivity contribution in [3.05, 3.63) is 34.7 Å². The SMILES string of the molecule is CC(C)c1ncnc2c(C(F)(F)F)cc(Cl)cc12. The predicted molar refractivity (Wildman–Crippen MR) is 63.6 cm³/mol. The molecule has 0 N–H and O–H groups in total. The second-order valence-electron chi connectivity index (χ2n) is 4.26. The van der Waals surface area contributed by atoms with E-state index in [9.17, 15) is 13.2 Å². The van der Waals surface area contributed by atoms with E-state index < -0.39 is 11.7 Å². The molecule has 96 valence electrons. The summed E-state index contributed by atoms with van der Waals surface area (Å²) < 4.78 is 38.7. The number of fused-ring (bicyclic) bond motifs is 1. The Balaban J connectivity index is 2.87.